The summed E-state index contributed by atoms with van der Waals surface area (Å²) >= 11 is 9.33. The van der Waals surface area contributed by atoms with Gasteiger partial charge in [-0.05, 0) is 49.9 Å². The van der Waals surface area contributed by atoms with Crippen LogP contribution in [0.5, 0.6) is 5.75 Å². The maximum atomic E-state index is 5.92. The van der Waals surface area contributed by atoms with E-state index in [0.29, 0.717) is 0 Å². The molecule has 0 radical (unpaired) electrons. The Bertz CT molecular complexity index is 302. The molecule has 0 aliphatic heterocycles. The minimum Gasteiger partial charge on any atom is -0.494 e. The van der Waals surface area contributed by atoms with Crippen LogP contribution < -0.4 is 4.74 Å². The van der Waals surface area contributed by atoms with Crippen molar-refractivity contribution in [3.05, 3.63) is 28.8 Å². The molecule has 0 unspecified atom stereocenters. The van der Waals surface area contributed by atoms with Gasteiger partial charge in [0.15, 0.2) is 0 Å². The number of alkyl halides is 1. The van der Waals surface area contributed by atoms with Crippen molar-refractivity contribution in [3.63, 3.8) is 0 Å². The fourth-order valence-electron chi connectivity index (χ4n) is 1.27. The molecule has 0 N–H and O–H groups in total. The highest BCUT2D eigenvalue weighted by Crippen LogP contribution is 2.21. The van der Waals surface area contributed by atoms with Crippen LogP contribution in [0.4, 0.5) is 0 Å². The van der Waals surface area contributed by atoms with Gasteiger partial charge in [0, 0.05) is 10.4 Å². The topological polar surface area (TPSA) is 9.23 Å². The molecule has 0 heterocycles. The van der Waals surface area contributed by atoms with Crippen molar-refractivity contribution in [2.24, 2.45) is 0 Å². The van der Waals surface area contributed by atoms with Gasteiger partial charge in [-0.1, -0.05) is 27.5 Å². The predicted molar refractivity (Wildman–Crippen MR) is 69.3 cm³/mol. The SMILES string of the molecule is Cc1cc(OCCCCCBr)ccc1Cl. The fourth-order valence-corrected chi connectivity index (χ4v) is 1.78. The van der Waals surface area contributed by atoms with Gasteiger partial charge in [-0.2, -0.15) is 0 Å². The summed E-state index contributed by atoms with van der Waals surface area (Å²) in [4.78, 5) is 0. The molecular formula is C12H16BrClO. The first-order valence-corrected chi connectivity index (χ1v) is 6.69. The van der Waals surface area contributed by atoms with Crippen LogP contribution in [0.1, 0.15) is 24.8 Å². The van der Waals surface area contributed by atoms with Gasteiger partial charge in [-0.3, -0.25) is 0 Å². The maximum absolute atomic E-state index is 5.92. The maximum Gasteiger partial charge on any atom is 0.119 e. The lowest BCUT2D eigenvalue weighted by atomic mass is 10.2. The summed E-state index contributed by atoms with van der Waals surface area (Å²) in [5.41, 5.74) is 1.06. The molecule has 15 heavy (non-hydrogen) atoms. The molecule has 0 fully saturated rings. The molecular weight excluding hydrogens is 275 g/mol. The second-order valence-electron chi connectivity index (χ2n) is 3.51. The van der Waals surface area contributed by atoms with Gasteiger partial charge in [0.2, 0.25) is 0 Å². The Kier molecular flexibility index (Phi) is 6.11. The summed E-state index contributed by atoms with van der Waals surface area (Å²) in [5, 5.41) is 1.87. The van der Waals surface area contributed by atoms with Crippen molar-refractivity contribution in [2.45, 2.75) is 26.2 Å². The van der Waals surface area contributed by atoms with E-state index in [0.717, 1.165) is 34.7 Å². The number of halogens is 2. The molecule has 0 aliphatic carbocycles. The van der Waals surface area contributed by atoms with Crippen LogP contribution in [0.3, 0.4) is 0 Å². The zero-order valence-corrected chi connectivity index (χ0v) is 11.3. The van der Waals surface area contributed by atoms with Crippen molar-refractivity contribution in [2.75, 3.05) is 11.9 Å². The monoisotopic (exact) mass is 290 g/mol. The molecule has 84 valence electrons. The minimum atomic E-state index is 0.786. The number of aryl methyl sites for hydroxylation is 1. The van der Waals surface area contributed by atoms with E-state index in [-0.39, 0.29) is 0 Å². The lowest BCUT2D eigenvalue weighted by Crippen LogP contribution is -1.97. The third-order valence-electron chi connectivity index (χ3n) is 2.18. The van der Waals surface area contributed by atoms with E-state index in [1.807, 2.05) is 25.1 Å². The van der Waals surface area contributed by atoms with E-state index in [9.17, 15) is 0 Å². The number of ether oxygens (including phenoxy) is 1. The van der Waals surface area contributed by atoms with Crippen LogP contribution in [0.15, 0.2) is 18.2 Å². The van der Waals surface area contributed by atoms with Gasteiger partial charge in [-0.15, -0.1) is 0 Å². The summed E-state index contributed by atoms with van der Waals surface area (Å²) in [6.45, 7) is 2.77. The molecule has 0 amide bonds. The van der Waals surface area contributed by atoms with Gasteiger partial charge in [0.1, 0.15) is 5.75 Å². The molecule has 0 aromatic heterocycles. The molecule has 0 saturated carbocycles. The summed E-state index contributed by atoms with van der Waals surface area (Å²) in [7, 11) is 0. The van der Waals surface area contributed by atoms with E-state index < -0.39 is 0 Å². The van der Waals surface area contributed by atoms with E-state index in [2.05, 4.69) is 15.9 Å². The number of hydrogen-bond donors (Lipinski definition) is 0. The Balaban J connectivity index is 2.28. The van der Waals surface area contributed by atoms with E-state index in [1.54, 1.807) is 0 Å². The van der Waals surface area contributed by atoms with Crippen LogP contribution in [0, 0.1) is 6.92 Å². The highest BCUT2D eigenvalue weighted by Gasteiger charge is 1.98. The smallest absolute Gasteiger partial charge is 0.119 e. The number of hydrogen-bond acceptors (Lipinski definition) is 1. The molecule has 3 heteroatoms. The Labute approximate surface area is 105 Å². The summed E-state index contributed by atoms with van der Waals surface area (Å²) in [6, 6.07) is 5.78. The molecule has 0 atom stereocenters. The summed E-state index contributed by atoms with van der Waals surface area (Å²) in [6.07, 6.45) is 3.52. The highest BCUT2D eigenvalue weighted by atomic mass is 79.9. The Morgan fingerprint density at radius 2 is 2.07 bits per heavy atom. The Hall–Kier alpha value is -0.210. The van der Waals surface area contributed by atoms with Crippen LogP contribution in [-0.4, -0.2) is 11.9 Å². The summed E-state index contributed by atoms with van der Waals surface area (Å²) < 4.78 is 5.61. The van der Waals surface area contributed by atoms with Crippen LogP contribution in [0.2, 0.25) is 5.02 Å². The average molecular weight is 292 g/mol. The van der Waals surface area contributed by atoms with Crippen molar-refractivity contribution < 1.29 is 4.74 Å². The van der Waals surface area contributed by atoms with E-state index in [1.165, 1.54) is 12.8 Å². The second kappa shape index (κ2) is 7.13. The van der Waals surface area contributed by atoms with Gasteiger partial charge in [-0.25, -0.2) is 0 Å². The van der Waals surface area contributed by atoms with Crippen LogP contribution in [0.25, 0.3) is 0 Å². The third-order valence-corrected chi connectivity index (χ3v) is 3.16. The first-order valence-electron chi connectivity index (χ1n) is 5.19. The normalized spacial score (nSPS) is 10.3. The molecule has 0 bridgehead atoms. The quantitative estimate of drug-likeness (QED) is 0.550. The summed E-state index contributed by atoms with van der Waals surface area (Å²) in [5.74, 6) is 0.913. The average Bonchev–Trinajstić information content (AvgIpc) is 2.23. The van der Waals surface area contributed by atoms with E-state index in [4.69, 9.17) is 16.3 Å². The highest BCUT2D eigenvalue weighted by molar-refractivity contribution is 9.09. The van der Waals surface area contributed by atoms with Crippen molar-refractivity contribution >= 4 is 27.5 Å². The number of unbranched alkanes of at least 4 members (excludes halogenated alkanes) is 2. The van der Waals surface area contributed by atoms with Crippen LogP contribution in [-0.2, 0) is 0 Å². The minimum absolute atomic E-state index is 0.786. The standard InChI is InChI=1S/C12H16BrClO/c1-10-9-11(5-6-12(10)14)15-8-4-2-3-7-13/h5-6,9H,2-4,7-8H2,1H3. The molecule has 0 spiro atoms. The number of rotatable bonds is 6. The molecule has 0 aliphatic rings. The first-order chi connectivity index (χ1) is 7.24. The molecule has 1 aromatic rings. The molecule has 1 nitrogen and oxygen atoms in total. The molecule has 0 saturated heterocycles. The first kappa shape index (κ1) is 12.9. The van der Waals surface area contributed by atoms with Crippen molar-refractivity contribution in [1.82, 2.24) is 0 Å². The van der Waals surface area contributed by atoms with Gasteiger partial charge < -0.3 is 4.74 Å². The molecule has 1 aromatic carbocycles. The predicted octanol–water partition coefficient (Wildman–Crippen LogP) is 4.59. The van der Waals surface area contributed by atoms with Gasteiger partial charge in [0.25, 0.3) is 0 Å². The second-order valence-corrected chi connectivity index (χ2v) is 4.71. The van der Waals surface area contributed by atoms with E-state index >= 15 is 0 Å². The molecule has 1 rings (SSSR count). The Morgan fingerprint density at radius 3 is 2.73 bits per heavy atom. The third kappa shape index (κ3) is 4.89. The number of benzene rings is 1. The van der Waals surface area contributed by atoms with Crippen molar-refractivity contribution in [3.8, 4) is 5.75 Å². The van der Waals surface area contributed by atoms with Gasteiger partial charge >= 0.3 is 0 Å². The van der Waals surface area contributed by atoms with Crippen molar-refractivity contribution in [1.29, 1.82) is 0 Å². The zero-order chi connectivity index (χ0) is 11.1. The van der Waals surface area contributed by atoms with Gasteiger partial charge in [0.05, 0.1) is 6.61 Å². The fraction of sp³-hybridized carbons (Fsp3) is 0.500. The lowest BCUT2D eigenvalue weighted by Gasteiger charge is -2.07. The largest absolute Gasteiger partial charge is 0.494 e. The Morgan fingerprint density at radius 1 is 1.27 bits per heavy atom. The van der Waals surface area contributed by atoms with Crippen LogP contribution >= 0.6 is 27.5 Å². The lowest BCUT2D eigenvalue weighted by molar-refractivity contribution is 0.306. The zero-order valence-electron chi connectivity index (χ0n) is 8.93.